The van der Waals surface area contributed by atoms with Gasteiger partial charge in [-0.1, -0.05) is 0 Å². The predicted molar refractivity (Wildman–Crippen MR) is 84.3 cm³/mol. The van der Waals surface area contributed by atoms with E-state index >= 15 is 0 Å². The average Bonchev–Trinajstić information content (AvgIpc) is 2.92. The van der Waals surface area contributed by atoms with Gasteiger partial charge in [-0.25, -0.2) is 13.8 Å². The lowest BCUT2D eigenvalue weighted by Gasteiger charge is -2.33. The van der Waals surface area contributed by atoms with Gasteiger partial charge in [0.2, 0.25) is 5.91 Å². The fraction of sp³-hybridized carbons (Fsp3) is 0.529. The van der Waals surface area contributed by atoms with Crippen LogP contribution in [0.3, 0.4) is 0 Å². The zero-order valence-corrected chi connectivity index (χ0v) is 13.2. The second-order valence-electron chi connectivity index (χ2n) is 6.12. The van der Waals surface area contributed by atoms with E-state index in [1.165, 1.54) is 10.6 Å². The van der Waals surface area contributed by atoms with Gasteiger partial charge in [-0.05, 0) is 44.4 Å². The van der Waals surface area contributed by atoms with Crippen LogP contribution in [0.4, 0.5) is 8.78 Å². The number of amides is 1. The van der Waals surface area contributed by atoms with Gasteiger partial charge in [0.15, 0.2) is 0 Å². The minimum atomic E-state index is -2.58. The lowest BCUT2D eigenvalue weighted by atomic mass is 10.0. The maximum atomic E-state index is 13.3. The van der Waals surface area contributed by atoms with Crippen molar-refractivity contribution in [1.82, 2.24) is 14.5 Å². The van der Waals surface area contributed by atoms with Gasteiger partial charge in [-0.3, -0.25) is 4.79 Å². The molecule has 4 nitrogen and oxygen atoms in total. The van der Waals surface area contributed by atoms with Crippen molar-refractivity contribution in [3.05, 3.63) is 30.1 Å². The number of alkyl halides is 2. The van der Waals surface area contributed by atoms with E-state index in [2.05, 4.69) is 4.98 Å². The van der Waals surface area contributed by atoms with E-state index in [9.17, 15) is 13.6 Å². The number of aromatic nitrogens is 2. The third-order valence-corrected chi connectivity index (χ3v) is 4.58. The number of hydrogen-bond donors (Lipinski definition) is 0. The molecule has 3 rings (SSSR count). The molecule has 124 valence electrons. The first-order chi connectivity index (χ1) is 11.1. The number of halogens is 2. The van der Waals surface area contributed by atoms with Crippen molar-refractivity contribution in [2.75, 3.05) is 6.54 Å². The Labute approximate surface area is 134 Å². The van der Waals surface area contributed by atoms with E-state index < -0.39 is 6.43 Å². The summed E-state index contributed by atoms with van der Waals surface area (Å²) in [6.07, 6.45) is 2.42. The summed E-state index contributed by atoms with van der Waals surface area (Å²) in [6.45, 7) is 3.06. The predicted octanol–water partition coefficient (Wildman–Crippen LogP) is 3.77. The third-order valence-electron chi connectivity index (χ3n) is 4.58. The van der Waals surface area contributed by atoms with E-state index in [1.807, 2.05) is 11.8 Å². The summed E-state index contributed by atoms with van der Waals surface area (Å²) in [7, 11) is 0. The number of aryl methyl sites for hydroxylation is 1. The minimum Gasteiger partial charge on any atom is -0.340 e. The molecule has 0 aromatic carbocycles. The molecule has 2 aromatic heterocycles. The first kappa shape index (κ1) is 15.9. The molecule has 3 heterocycles. The van der Waals surface area contributed by atoms with Crippen LogP contribution in [0, 0.1) is 0 Å². The first-order valence-corrected chi connectivity index (χ1v) is 8.09. The van der Waals surface area contributed by atoms with Gasteiger partial charge < -0.3 is 9.47 Å². The number of rotatable bonds is 4. The average molecular weight is 321 g/mol. The number of nitrogens with zero attached hydrogens (tertiary/aromatic N) is 3. The monoisotopic (exact) mass is 321 g/mol. The Bertz CT molecular complexity index is 698. The fourth-order valence-corrected chi connectivity index (χ4v) is 3.34. The van der Waals surface area contributed by atoms with Gasteiger partial charge in [0, 0.05) is 37.1 Å². The summed E-state index contributed by atoms with van der Waals surface area (Å²) in [5.74, 6) is 0.0372. The smallest absolute Gasteiger partial charge is 0.278 e. The van der Waals surface area contributed by atoms with Crippen molar-refractivity contribution >= 4 is 16.9 Å². The molecule has 0 saturated carbocycles. The maximum absolute atomic E-state index is 13.3. The Hall–Kier alpha value is -1.98. The van der Waals surface area contributed by atoms with Gasteiger partial charge in [-0.15, -0.1) is 0 Å². The Balaban J connectivity index is 1.78. The molecule has 1 aliphatic heterocycles. The summed E-state index contributed by atoms with van der Waals surface area (Å²) in [6, 6.07) is 5.19. The van der Waals surface area contributed by atoms with Crippen molar-refractivity contribution in [1.29, 1.82) is 0 Å². The van der Waals surface area contributed by atoms with Crippen LogP contribution >= 0.6 is 0 Å². The SMILES string of the molecule is C[C@H]1CCCCN1C(=O)CCn1c(C(F)F)cc2cccnc21. The summed E-state index contributed by atoms with van der Waals surface area (Å²) in [5, 5.41) is 0.682. The van der Waals surface area contributed by atoms with Crippen LogP contribution in [0.25, 0.3) is 11.0 Å². The third kappa shape index (κ3) is 3.21. The van der Waals surface area contributed by atoms with Gasteiger partial charge in [0.05, 0.1) is 5.69 Å². The van der Waals surface area contributed by atoms with Crippen LogP contribution in [-0.4, -0.2) is 32.9 Å². The zero-order chi connectivity index (χ0) is 16.4. The van der Waals surface area contributed by atoms with Crippen LogP contribution in [0.15, 0.2) is 24.4 Å². The van der Waals surface area contributed by atoms with Crippen molar-refractivity contribution < 1.29 is 13.6 Å². The van der Waals surface area contributed by atoms with Gasteiger partial charge in [-0.2, -0.15) is 0 Å². The molecule has 1 aliphatic rings. The molecule has 1 fully saturated rings. The van der Waals surface area contributed by atoms with Crippen molar-refractivity contribution in [2.24, 2.45) is 0 Å². The summed E-state index contributed by atoms with van der Waals surface area (Å²) in [5.41, 5.74) is 0.445. The van der Waals surface area contributed by atoms with Crippen LogP contribution in [-0.2, 0) is 11.3 Å². The van der Waals surface area contributed by atoms with Gasteiger partial charge >= 0.3 is 0 Å². The molecule has 1 amide bonds. The van der Waals surface area contributed by atoms with Crippen LogP contribution < -0.4 is 0 Å². The maximum Gasteiger partial charge on any atom is 0.278 e. The Kier molecular flexibility index (Phi) is 4.59. The van der Waals surface area contributed by atoms with Crippen LogP contribution in [0.5, 0.6) is 0 Å². The number of carbonyl (C=O) groups is 1. The molecule has 0 N–H and O–H groups in total. The molecule has 2 aromatic rings. The number of pyridine rings is 1. The molecule has 0 radical (unpaired) electrons. The summed E-state index contributed by atoms with van der Waals surface area (Å²) < 4.78 is 28.0. The number of likely N-dealkylation sites (tertiary alicyclic amines) is 1. The molecule has 23 heavy (non-hydrogen) atoms. The molecular formula is C17H21F2N3O. The van der Waals surface area contributed by atoms with E-state index in [4.69, 9.17) is 0 Å². The normalized spacial score (nSPS) is 18.8. The first-order valence-electron chi connectivity index (χ1n) is 8.09. The Morgan fingerprint density at radius 1 is 1.43 bits per heavy atom. The van der Waals surface area contributed by atoms with Gasteiger partial charge in [0.1, 0.15) is 5.65 Å². The topological polar surface area (TPSA) is 38.1 Å². The van der Waals surface area contributed by atoms with Crippen molar-refractivity contribution in [3.63, 3.8) is 0 Å². The van der Waals surface area contributed by atoms with E-state index in [0.717, 1.165) is 25.8 Å². The highest BCUT2D eigenvalue weighted by molar-refractivity contribution is 5.79. The zero-order valence-electron chi connectivity index (χ0n) is 13.2. The molecule has 1 atom stereocenters. The highest BCUT2D eigenvalue weighted by Gasteiger charge is 2.24. The fourth-order valence-electron chi connectivity index (χ4n) is 3.34. The molecule has 0 spiro atoms. The van der Waals surface area contributed by atoms with Gasteiger partial charge in [0.25, 0.3) is 6.43 Å². The Morgan fingerprint density at radius 2 is 2.26 bits per heavy atom. The van der Waals surface area contributed by atoms with Crippen LogP contribution in [0.2, 0.25) is 0 Å². The standard InChI is InChI=1S/C17H21F2N3O/c1-12-5-2-3-9-21(12)15(23)7-10-22-14(16(18)19)11-13-6-4-8-20-17(13)22/h4,6,8,11-12,16H,2-3,5,7,9-10H2,1H3/t12-/m0/s1. The van der Waals surface area contributed by atoms with Crippen molar-refractivity contribution in [3.8, 4) is 0 Å². The summed E-state index contributed by atoms with van der Waals surface area (Å²) in [4.78, 5) is 18.5. The quantitative estimate of drug-likeness (QED) is 0.860. The molecule has 0 bridgehead atoms. The van der Waals surface area contributed by atoms with E-state index in [0.29, 0.717) is 11.0 Å². The van der Waals surface area contributed by atoms with E-state index in [1.54, 1.807) is 18.3 Å². The highest BCUT2D eigenvalue weighted by Crippen LogP contribution is 2.27. The molecular weight excluding hydrogens is 300 g/mol. The van der Waals surface area contributed by atoms with Crippen LogP contribution in [0.1, 0.15) is 44.7 Å². The number of carbonyl (C=O) groups excluding carboxylic acids is 1. The number of hydrogen-bond acceptors (Lipinski definition) is 2. The molecule has 1 saturated heterocycles. The van der Waals surface area contributed by atoms with E-state index in [-0.39, 0.29) is 30.6 Å². The van der Waals surface area contributed by atoms with Crippen molar-refractivity contribution in [2.45, 2.75) is 51.6 Å². The second kappa shape index (κ2) is 6.64. The Morgan fingerprint density at radius 3 is 3.00 bits per heavy atom. The lowest BCUT2D eigenvalue weighted by molar-refractivity contribution is -0.134. The number of piperidine rings is 1. The largest absolute Gasteiger partial charge is 0.340 e. The highest BCUT2D eigenvalue weighted by atomic mass is 19.3. The molecule has 0 aliphatic carbocycles. The number of fused-ring (bicyclic) bond motifs is 1. The lowest BCUT2D eigenvalue weighted by Crippen LogP contribution is -2.42. The molecule has 6 heteroatoms. The molecule has 0 unspecified atom stereocenters. The summed E-state index contributed by atoms with van der Waals surface area (Å²) >= 11 is 0. The minimum absolute atomic E-state index is 0.0372. The second-order valence-corrected chi connectivity index (χ2v) is 6.12.